The third kappa shape index (κ3) is 8.72. The Bertz CT molecular complexity index is 1360. The van der Waals surface area contributed by atoms with Crippen molar-refractivity contribution in [2.24, 2.45) is 0 Å². The van der Waals surface area contributed by atoms with E-state index in [1.54, 1.807) is 0 Å². The van der Waals surface area contributed by atoms with Gasteiger partial charge in [0.1, 0.15) is 11.6 Å². The van der Waals surface area contributed by atoms with Crippen LogP contribution in [0, 0.1) is 0 Å². The summed E-state index contributed by atoms with van der Waals surface area (Å²) in [6.07, 6.45) is -3.24. The Kier molecular flexibility index (Phi) is 11.4. The van der Waals surface area contributed by atoms with E-state index in [-0.39, 0.29) is 41.3 Å². The second-order valence-electron chi connectivity index (χ2n) is 9.96. The van der Waals surface area contributed by atoms with Crippen LogP contribution < -0.4 is 15.4 Å². The fourth-order valence-corrected chi connectivity index (χ4v) is 4.66. The van der Waals surface area contributed by atoms with E-state index in [0.717, 1.165) is 29.6 Å². The number of amides is 2. The lowest BCUT2D eigenvalue weighted by Crippen LogP contribution is -2.37. The topological polar surface area (TPSA) is 105 Å². The third-order valence-corrected chi connectivity index (χ3v) is 7.04. The maximum absolute atomic E-state index is 12.9. The van der Waals surface area contributed by atoms with Gasteiger partial charge in [-0.05, 0) is 56.9 Å². The summed E-state index contributed by atoms with van der Waals surface area (Å²) >= 11 is 6.09. The lowest BCUT2D eigenvalue weighted by molar-refractivity contribution is -0.189. The minimum Gasteiger partial charge on any atom is -0.480 e. The number of nitrogens with zero attached hydrogens (tertiary/aromatic N) is 2. The summed E-state index contributed by atoms with van der Waals surface area (Å²) in [6, 6.07) is 10.9. The number of aliphatic hydroxyl groups excluding tert-OH is 1. The van der Waals surface area contributed by atoms with Crippen molar-refractivity contribution < 1.29 is 32.6 Å². The number of hydrogen-bond donors (Lipinski definition) is 3. The van der Waals surface area contributed by atoms with Gasteiger partial charge in [-0.25, -0.2) is 4.98 Å². The number of aromatic nitrogens is 2. The van der Waals surface area contributed by atoms with Crippen LogP contribution in [-0.2, 0) is 17.8 Å². The van der Waals surface area contributed by atoms with Crippen molar-refractivity contribution in [1.29, 1.82) is 0 Å². The summed E-state index contributed by atoms with van der Waals surface area (Å²) in [6.45, 7) is 6.90. The largest absolute Gasteiger partial charge is 0.480 e. The van der Waals surface area contributed by atoms with Crippen LogP contribution in [0.5, 0.6) is 5.75 Å². The Balaban J connectivity index is 1.70. The Hall–Kier alpha value is -3.57. The molecule has 0 spiro atoms. The first kappa shape index (κ1) is 32.9. The number of aryl methyl sites for hydroxylation is 1. The number of rotatable bonds is 13. The smallest absolute Gasteiger partial charge is 0.425 e. The van der Waals surface area contributed by atoms with Gasteiger partial charge in [-0.3, -0.25) is 9.59 Å². The van der Waals surface area contributed by atoms with E-state index < -0.39 is 24.2 Å². The van der Waals surface area contributed by atoms with Gasteiger partial charge in [0, 0.05) is 43.4 Å². The number of carbonyl (C=O) groups excluding carboxylic acids is 2. The number of nitrogens with one attached hydrogen (secondary N) is 2. The second-order valence-corrected chi connectivity index (χ2v) is 10.4. The highest BCUT2D eigenvalue weighted by molar-refractivity contribution is 6.32. The van der Waals surface area contributed by atoms with Gasteiger partial charge < -0.3 is 25.0 Å². The third-order valence-electron chi connectivity index (χ3n) is 6.75. The zero-order chi connectivity index (χ0) is 31.0. The number of alkyl halides is 3. The van der Waals surface area contributed by atoms with Crippen LogP contribution in [0.15, 0.2) is 48.7 Å². The molecule has 0 saturated carbocycles. The average Bonchev–Trinajstić information content (AvgIpc) is 3.37. The molecule has 3 aromatic rings. The van der Waals surface area contributed by atoms with Crippen molar-refractivity contribution in [3.05, 3.63) is 70.6 Å². The van der Waals surface area contributed by atoms with Gasteiger partial charge in [0.2, 0.25) is 5.91 Å². The van der Waals surface area contributed by atoms with E-state index in [9.17, 15) is 27.9 Å². The Morgan fingerprint density at radius 2 is 1.81 bits per heavy atom. The van der Waals surface area contributed by atoms with Crippen molar-refractivity contribution >= 4 is 23.4 Å². The minimum absolute atomic E-state index is 0.118. The van der Waals surface area contributed by atoms with Crippen LogP contribution in [0.2, 0.25) is 5.02 Å². The highest BCUT2D eigenvalue weighted by Gasteiger charge is 2.38. The quantitative estimate of drug-likeness (QED) is 0.225. The molecule has 42 heavy (non-hydrogen) atoms. The summed E-state index contributed by atoms with van der Waals surface area (Å²) in [5.74, 6) is 0.00752. The molecule has 12 heteroatoms. The number of halogens is 4. The van der Waals surface area contributed by atoms with Gasteiger partial charge in [0.05, 0.1) is 16.8 Å². The van der Waals surface area contributed by atoms with Crippen molar-refractivity contribution in [1.82, 2.24) is 20.2 Å². The van der Waals surface area contributed by atoms with Gasteiger partial charge >= 0.3 is 6.18 Å². The standard InChI is InChI=1S/C30H36ClF3N4O4/c1-5-25(35-19(4)40)28-37-26(17-38(28)6-2)21-9-7-20(8-10-21)15-23(13-14-39)36-29(41)22-11-12-27(24(31)16-22)42-18(3)30(32,33)34/h7-12,16-18,23,25,39H,5-6,13-15H2,1-4H3,(H,35,40)(H,36,41)/t18?,23-,25-/m1/s1. The lowest BCUT2D eigenvalue weighted by Gasteiger charge is -2.20. The van der Waals surface area contributed by atoms with E-state index in [4.69, 9.17) is 21.3 Å². The van der Waals surface area contributed by atoms with Crippen LogP contribution in [0.1, 0.15) is 68.3 Å². The van der Waals surface area contributed by atoms with Crippen LogP contribution in [0.3, 0.4) is 0 Å². The summed E-state index contributed by atoms with van der Waals surface area (Å²) < 4.78 is 45.4. The zero-order valence-electron chi connectivity index (χ0n) is 24.0. The lowest BCUT2D eigenvalue weighted by atomic mass is 10.0. The van der Waals surface area contributed by atoms with Crippen LogP contribution in [0.4, 0.5) is 13.2 Å². The molecule has 3 N–H and O–H groups in total. The number of ether oxygens (including phenoxy) is 1. The SMILES string of the molecule is CC[C@@H](NC(C)=O)c1nc(-c2ccc(C[C@@H](CCO)NC(=O)c3ccc(OC(C)C(F)(F)F)c(Cl)c3)cc2)cn1CC. The number of aliphatic hydroxyl groups is 1. The highest BCUT2D eigenvalue weighted by atomic mass is 35.5. The molecule has 1 aromatic heterocycles. The molecule has 0 aliphatic carbocycles. The highest BCUT2D eigenvalue weighted by Crippen LogP contribution is 2.31. The number of benzene rings is 2. The molecule has 228 valence electrons. The van der Waals surface area contributed by atoms with E-state index in [2.05, 4.69) is 10.6 Å². The Morgan fingerprint density at radius 3 is 2.36 bits per heavy atom. The van der Waals surface area contributed by atoms with Crippen molar-refractivity contribution in [2.45, 2.75) is 77.9 Å². The van der Waals surface area contributed by atoms with E-state index in [1.807, 2.05) is 48.9 Å². The van der Waals surface area contributed by atoms with Crippen molar-refractivity contribution in [3.8, 4) is 17.0 Å². The maximum atomic E-state index is 12.9. The first-order valence-corrected chi connectivity index (χ1v) is 14.1. The Morgan fingerprint density at radius 1 is 1.12 bits per heavy atom. The minimum atomic E-state index is -4.55. The molecule has 2 amide bonds. The number of hydrogen-bond acceptors (Lipinski definition) is 5. The molecule has 0 aliphatic rings. The van der Waals surface area contributed by atoms with Crippen LogP contribution in [0.25, 0.3) is 11.3 Å². The van der Waals surface area contributed by atoms with Gasteiger partial charge in [0.25, 0.3) is 5.91 Å². The summed E-state index contributed by atoms with van der Waals surface area (Å²) in [4.78, 5) is 29.3. The molecule has 0 radical (unpaired) electrons. The molecule has 0 aliphatic heterocycles. The van der Waals surface area contributed by atoms with Crippen molar-refractivity contribution in [2.75, 3.05) is 6.61 Å². The van der Waals surface area contributed by atoms with Gasteiger partial charge in [0.15, 0.2) is 6.10 Å². The molecule has 0 fully saturated rings. The summed E-state index contributed by atoms with van der Waals surface area (Å²) in [5.41, 5.74) is 2.73. The number of imidazole rings is 1. The molecule has 3 rings (SSSR count). The monoisotopic (exact) mass is 608 g/mol. The zero-order valence-corrected chi connectivity index (χ0v) is 24.7. The molecule has 0 saturated heterocycles. The molecule has 0 bridgehead atoms. The first-order chi connectivity index (χ1) is 19.9. The second kappa shape index (κ2) is 14.6. The van der Waals surface area contributed by atoms with Crippen LogP contribution >= 0.6 is 11.6 Å². The molecule has 2 aromatic carbocycles. The van der Waals surface area contributed by atoms with Gasteiger partial charge in [-0.2, -0.15) is 13.2 Å². The van der Waals surface area contributed by atoms with Crippen LogP contribution in [-0.4, -0.2) is 51.4 Å². The first-order valence-electron chi connectivity index (χ1n) is 13.7. The normalized spacial score (nSPS) is 13.7. The molecule has 3 atom stereocenters. The summed E-state index contributed by atoms with van der Waals surface area (Å²) in [7, 11) is 0. The molecule has 1 heterocycles. The van der Waals surface area contributed by atoms with E-state index >= 15 is 0 Å². The van der Waals surface area contributed by atoms with Gasteiger partial charge in [-0.1, -0.05) is 42.8 Å². The molecule has 8 nitrogen and oxygen atoms in total. The fourth-order valence-electron chi connectivity index (χ4n) is 4.44. The van der Waals surface area contributed by atoms with E-state index in [0.29, 0.717) is 19.4 Å². The maximum Gasteiger partial charge on any atom is 0.425 e. The van der Waals surface area contributed by atoms with E-state index in [1.165, 1.54) is 25.1 Å². The Labute approximate surface area is 248 Å². The molecular weight excluding hydrogens is 573 g/mol. The summed E-state index contributed by atoms with van der Waals surface area (Å²) in [5, 5.41) is 15.3. The van der Waals surface area contributed by atoms with Crippen molar-refractivity contribution in [3.63, 3.8) is 0 Å². The fraction of sp³-hybridized carbons (Fsp3) is 0.433. The predicted molar refractivity (Wildman–Crippen MR) is 154 cm³/mol. The average molecular weight is 609 g/mol. The molecule has 1 unspecified atom stereocenters. The molecular formula is C30H36ClF3N4O4. The predicted octanol–water partition coefficient (Wildman–Crippen LogP) is 5.86. The van der Waals surface area contributed by atoms with Gasteiger partial charge in [-0.15, -0.1) is 0 Å². The number of carbonyl (C=O) groups is 2.